The second-order valence-electron chi connectivity index (χ2n) is 6.67. The Hall–Kier alpha value is -2.96. The first-order valence-corrected chi connectivity index (χ1v) is 11.7. The van der Waals surface area contributed by atoms with Gasteiger partial charge >= 0.3 is 6.01 Å². The lowest BCUT2D eigenvalue weighted by molar-refractivity contribution is -0.119. The summed E-state index contributed by atoms with van der Waals surface area (Å²) in [6.07, 6.45) is 0.986. The molecule has 31 heavy (non-hydrogen) atoms. The second kappa shape index (κ2) is 8.65. The van der Waals surface area contributed by atoms with Crippen molar-refractivity contribution in [1.82, 2.24) is 14.5 Å². The third-order valence-corrected chi connectivity index (χ3v) is 8.14. The number of rotatable bonds is 7. The van der Waals surface area contributed by atoms with E-state index in [-0.39, 0.29) is 22.7 Å². The fraction of sp³-hybridized carbons (Fsp3) is 0.316. The molecule has 1 unspecified atom stereocenters. The molecule has 1 aliphatic heterocycles. The van der Waals surface area contributed by atoms with Gasteiger partial charge in [0.15, 0.2) is 0 Å². The molecule has 3 heterocycles. The zero-order chi connectivity index (χ0) is 22.0. The quantitative estimate of drug-likeness (QED) is 0.566. The Balaban J connectivity index is 1.53. The van der Waals surface area contributed by atoms with Crippen LogP contribution in [0.4, 0.5) is 6.01 Å². The molecular formula is C19H20N4O6S2. The summed E-state index contributed by atoms with van der Waals surface area (Å²) in [4.78, 5) is 12.8. The normalized spacial score (nSPS) is 16.9. The molecule has 1 aliphatic rings. The number of sulfonamides is 1. The Kier molecular flexibility index (Phi) is 5.94. The SMILES string of the molecule is COc1ccc(OC)c(-c2nnc(NC(=O)C3CCCN3S(=O)(=O)c3cccs3)o2)c1. The molecule has 0 aliphatic carbocycles. The highest BCUT2D eigenvalue weighted by Gasteiger charge is 2.40. The van der Waals surface area contributed by atoms with Crippen molar-refractivity contribution in [2.45, 2.75) is 23.1 Å². The highest BCUT2D eigenvalue weighted by Crippen LogP contribution is 2.34. The maximum atomic E-state index is 12.9. The summed E-state index contributed by atoms with van der Waals surface area (Å²) in [7, 11) is -0.705. The van der Waals surface area contributed by atoms with Crippen molar-refractivity contribution in [2.24, 2.45) is 0 Å². The minimum absolute atomic E-state index is 0.125. The number of hydrogen-bond acceptors (Lipinski definition) is 9. The van der Waals surface area contributed by atoms with E-state index in [9.17, 15) is 13.2 Å². The summed E-state index contributed by atoms with van der Waals surface area (Å²) in [5.74, 6) is 0.664. The van der Waals surface area contributed by atoms with Crippen molar-refractivity contribution >= 4 is 33.3 Å². The van der Waals surface area contributed by atoms with Gasteiger partial charge in [0.25, 0.3) is 15.9 Å². The summed E-state index contributed by atoms with van der Waals surface area (Å²) >= 11 is 1.12. The van der Waals surface area contributed by atoms with Crippen LogP contribution in [0.1, 0.15) is 12.8 Å². The van der Waals surface area contributed by atoms with Gasteiger partial charge in [0.05, 0.1) is 19.8 Å². The molecule has 1 fully saturated rings. The van der Waals surface area contributed by atoms with E-state index in [2.05, 4.69) is 15.5 Å². The molecule has 164 valence electrons. The standard InChI is InChI=1S/C19H20N4O6S2/c1-27-12-7-8-15(28-2)13(11-12)18-21-22-19(29-18)20-17(24)14-5-3-9-23(14)31(25,26)16-6-4-10-30-16/h4,6-8,10-11,14H,3,5,9H2,1-2H3,(H,20,22,24). The van der Waals surface area contributed by atoms with Gasteiger partial charge in [-0.25, -0.2) is 8.42 Å². The number of hydrogen-bond donors (Lipinski definition) is 1. The summed E-state index contributed by atoms with van der Waals surface area (Å²) < 4.78 is 43.3. The van der Waals surface area contributed by atoms with Crippen molar-refractivity contribution in [3.63, 3.8) is 0 Å². The van der Waals surface area contributed by atoms with Crippen LogP contribution in [0.2, 0.25) is 0 Å². The van der Waals surface area contributed by atoms with E-state index in [0.29, 0.717) is 29.9 Å². The number of anilines is 1. The Morgan fingerprint density at radius 3 is 2.81 bits per heavy atom. The van der Waals surface area contributed by atoms with Gasteiger partial charge in [-0.1, -0.05) is 11.2 Å². The third kappa shape index (κ3) is 4.13. The minimum atomic E-state index is -3.74. The average molecular weight is 465 g/mol. The lowest BCUT2D eigenvalue weighted by Gasteiger charge is -2.21. The molecule has 0 saturated carbocycles. The molecule has 4 rings (SSSR count). The fourth-order valence-electron chi connectivity index (χ4n) is 3.37. The van der Waals surface area contributed by atoms with E-state index in [1.807, 2.05) is 0 Å². The van der Waals surface area contributed by atoms with Crippen molar-refractivity contribution < 1.29 is 27.1 Å². The van der Waals surface area contributed by atoms with E-state index >= 15 is 0 Å². The lowest BCUT2D eigenvalue weighted by Crippen LogP contribution is -2.42. The molecule has 12 heteroatoms. The van der Waals surface area contributed by atoms with Crippen LogP contribution in [0.3, 0.4) is 0 Å². The Labute approximate surface area is 182 Å². The highest BCUT2D eigenvalue weighted by molar-refractivity contribution is 7.91. The maximum Gasteiger partial charge on any atom is 0.322 e. The number of carbonyl (C=O) groups excluding carboxylic acids is 1. The van der Waals surface area contributed by atoms with E-state index in [1.54, 1.807) is 29.6 Å². The minimum Gasteiger partial charge on any atom is -0.497 e. The average Bonchev–Trinajstić information content (AvgIpc) is 3.54. The number of nitrogens with one attached hydrogen (secondary N) is 1. The van der Waals surface area contributed by atoms with Gasteiger partial charge in [-0.3, -0.25) is 10.1 Å². The zero-order valence-electron chi connectivity index (χ0n) is 16.8. The smallest absolute Gasteiger partial charge is 0.322 e. The van der Waals surface area contributed by atoms with Gasteiger partial charge in [-0.05, 0) is 42.5 Å². The van der Waals surface area contributed by atoms with Gasteiger partial charge in [0, 0.05) is 6.54 Å². The number of carbonyl (C=O) groups is 1. The van der Waals surface area contributed by atoms with Crippen molar-refractivity contribution in [2.75, 3.05) is 26.1 Å². The number of methoxy groups -OCH3 is 2. The molecule has 0 spiro atoms. The summed E-state index contributed by atoms with van der Waals surface area (Å²) in [6.45, 7) is 0.272. The van der Waals surface area contributed by atoms with E-state index in [1.165, 1.54) is 24.6 Å². The first kappa shape index (κ1) is 21.3. The zero-order valence-corrected chi connectivity index (χ0v) is 18.4. The molecule has 0 bridgehead atoms. The second-order valence-corrected chi connectivity index (χ2v) is 9.74. The Morgan fingerprint density at radius 1 is 1.26 bits per heavy atom. The van der Waals surface area contributed by atoms with Crippen LogP contribution in [-0.2, 0) is 14.8 Å². The molecule has 10 nitrogen and oxygen atoms in total. The number of benzene rings is 1. The monoisotopic (exact) mass is 464 g/mol. The topological polar surface area (TPSA) is 124 Å². The predicted octanol–water partition coefficient (Wildman–Crippen LogP) is 2.61. The largest absolute Gasteiger partial charge is 0.497 e. The first-order valence-electron chi connectivity index (χ1n) is 9.36. The molecule has 1 atom stereocenters. The summed E-state index contributed by atoms with van der Waals surface area (Å²) in [5, 5.41) is 12.0. The van der Waals surface area contributed by atoms with Gasteiger partial charge < -0.3 is 13.9 Å². The fourth-order valence-corrected chi connectivity index (χ4v) is 6.14. The lowest BCUT2D eigenvalue weighted by atomic mass is 10.2. The molecule has 1 N–H and O–H groups in total. The van der Waals surface area contributed by atoms with Crippen molar-refractivity contribution in [3.8, 4) is 23.0 Å². The van der Waals surface area contributed by atoms with Crippen LogP contribution < -0.4 is 14.8 Å². The third-order valence-electron chi connectivity index (χ3n) is 4.86. The van der Waals surface area contributed by atoms with Gasteiger partial charge in [-0.15, -0.1) is 16.4 Å². The number of nitrogens with zero attached hydrogens (tertiary/aromatic N) is 3. The van der Waals surface area contributed by atoms with Crippen LogP contribution in [0.5, 0.6) is 11.5 Å². The molecule has 1 aromatic carbocycles. The van der Waals surface area contributed by atoms with Crippen LogP contribution >= 0.6 is 11.3 Å². The summed E-state index contributed by atoms with van der Waals surface area (Å²) in [5.41, 5.74) is 0.498. The molecule has 3 aromatic rings. The van der Waals surface area contributed by atoms with Crippen LogP contribution in [0.15, 0.2) is 44.3 Å². The number of aromatic nitrogens is 2. The van der Waals surface area contributed by atoms with Gasteiger partial charge in [-0.2, -0.15) is 4.31 Å². The maximum absolute atomic E-state index is 12.9. The Morgan fingerprint density at radius 2 is 2.10 bits per heavy atom. The van der Waals surface area contributed by atoms with Crippen LogP contribution in [-0.4, -0.2) is 55.6 Å². The summed E-state index contributed by atoms with van der Waals surface area (Å²) in [6, 6.07) is 7.30. The molecular weight excluding hydrogens is 444 g/mol. The molecule has 2 aromatic heterocycles. The first-order chi connectivity index (χ1) is 14.9. The van der Waals surface area contributed by atoms with Crippen molar-refractivity contribution in [3.05, 3.63) is 35.7 Å². The molecule has 1 amide bonds. The Bertz CT molecular complexity index is 1180. The number of ether oxygens (including phenoxy) is 2. The van der Waals surface area contributed by atoms with Crippen LogP contribution in [0.25, 0.3) is 11.5 Å². The van der Waals surface area contributed by atoms with E-state index in [0.717, 1.165) is 11.3 Å². The van der Waals surface area contributed by atoms with E-state index < -0.39 is 22.0 Å². The predicted molar refractivity (Wildman–Crippen MR) is 113 cm³/mol. The number of amides is 1. The van der Waals surface area contributed by atoms with Gasteiger partial charge in [0.2, 0.25) is 5.91 Å². The highest BCUT2D eigenvalue weighted by atomic mass is 32.2. The van der Waals surface area contributed by atoms with Gasteiger partial charge in [0.1, 0.15) is 21.8 Å². The number of thiophene rings is 1. The van der Waals surface area contributed by atoms with E-state index in [4.69, 9.17) is 13.9 Å². The van der Waals surface area contributed by atoms with Crippen LogP contribution in [0, 0.1) is 0 Å². The van der Waals surface area contributed by atoms with Crippen molar-refractivity contribution in [1.29, 1.82) is 0 Å². The molecule has 0 radical (unpaired) electrons. The molecule has 1 saturated heterocycles.